The molecule has 3 heteroatoms. The normalized spacial score (nSPS) is 9.85. The number of nitrogens with two attached hydrogens (primary N) is 2. The number of pyridine rings is 1. The predicted octanol–water partition coefficient (Wildman–Crippen LogP) is 3.65. The highest BCUT2D eigenvalue weighted by atomic mass is 14.7. The molecule has 1 heterocycles. The molecule has 1 aromatic heterocycles. The summed E-state index contributed by atoms with van der Waals surface area (Å²) in [5.74, 6) is 0. The summed E-state index contributed by atoms with van der Waals surface area (Å²) in [7, 11) is 0. The Labute approximate surface area is 119 Å². The van der Waals surface area contributed by atoms with E-state index in [1.54, 1.807) is 0 Å². The summed E-state index contributed by atoms with van der Waals surface area (Å²) in [6.45, 7) is 2.08. The lowest BCUT2D eigenvalue weighted by atomic mass is 10.1. The zero-order valence-corrected chi connectivity index (χ0v) is 11.6. The van der Waals surface area contributed by atoms with Gasteiger partial charge in [-0.05, 0) is 30.7 Å². The summed E-state index contributed by atoms with van der Waals surface area (Å²) in [6.07, 6.45) is 0.926. The van der Waals surface area contributed by atoms with Gasteiger partial charge < -0.3 is 11.5 Å². The number of hydrogen-bond donors (Lipinski definition) is 2. The number of fused-ring (bicyclic) bond motifs is 1. The molecule has 3 aromatic rings. The molecule has 0 bridgehead atoms. The average molecular weight is 265 g/mol. The molecule has 20 heavy (non-hydrogen) atoms. The summed E-state index contributed by atoms with van der Waals surface area (Å²) in [5, 5.41) is 1.04. The van der Waals surface area contributed by atoms with E-state index in [2.05, 4.69) is 11.9 Å². The maximum absolute atomic E-state index is 5.89. The fraction of sp³-hybridized carbons (Fsp3) is 0.118. The highest BCUT2D eigenvalue weighted by Crippen LogP contribution is 2.19. The Morgan fingerprint density at radius 2 is 1.55 bits per heavy atom. The van der Waals surface area contributed by atoms with Gasteiger partial charge in [-0.1, -0.05) is 43.3 Å². The third-order valence-electron chi connectivity index (χ3n) is 2.96. The van der Waals surface area contributed by atoms with Crippen molar-refractivity contribution in [3.8, 4) is 0 Å². The van der Waals surface area contributed by atoms with E-state index in [1.807, 2.05) is 60.7 Å². The minimum atomic E-state index is 0.822. The first-order valence-electron chi connectivity index (χ1n) is 6.65. The number of para-hydroxylation sites is 2. The first-order valence-corrected chi connectivity index (χ1v) is 6.65. The first kappa shape index (κ1) is 13.9. The summed E-state index contributed by atoms with van der Waals surface area (Å²) in [6, 6.07) is 19.4. The van der Waals surface area contributed by atoms with Gasteiger partial charge in [0.1, 0.15) is 0 Å². The van der Waals surface area contributed by atoms with Crippen LogP contribution in [0.15, 0.2) is 60.7 Å². The molecule has 3 nitrogen and oxygen atoms in total. The van der Waals surface area contributed by atoms with Crippen molar-refractivity contribution in [3.63, 3.8) is 0 Å². The Bertz CT molecular complexity index is 678. The van der Waals surface area contributed by atoms with Crippen LogP contribution >= 0.6 is 0 Å². The van der Waals surface area contributed by atoms with Crippen LogP contribution in [0, 0.1) is 0 Å². The molecule has 0 amide bonds. The van der Waals surface area contributed by atoms with Gasteiger partial charge in [0.25, 0.3) is 0 Å². The fourth-order valence-electron chi connectivity index (χ4n) is 1.89. The lowest BCUT2D eigenvalue weighted by molar-refractivity contribution is 1.06. The van der Waals surface area contributed by atoms with E-state index in [4.69, 9.17) is 11.5 Å². The Morgan fingerprint density at radius 3 is 2.15 bits per heavy atom. The number of benzene rings is 2. The monoisotopic (exact) mass is 265 g/mol. The Kier molecular flexibility index (Phi) is 4.56. The number of aryl methyl sites for hydroxylation is 1. The van der Waals surface area contributed by atoms with Crippen molar-refractivity contribution in [1.29, 1.82) is 0 Å². The van der Waals surface area contributed by atoms with E-state index in [0.717, 1.165) is 34.4 Å². The van der Waals surface area contributed by atoms with Crippen LogP contribution in [0.3, 0.4) is 0 Å². The van der Waals surface area contributed by atoms with Gasteiger partial charge in [-0.25, -0.2) is 0 Å². The van der Waals surface area contributed by atoms with Crippen LogP contribution in [0.1, 0.15) is 12.6 Å². The van der Waals surface area contributed by atoms with Crippen molar-refractivity contribution in [2.45, 2.75) is 13.3 Å². The maximum atomic E-state index is 5.89. The van der Waals surface area contributed by atoms with Gasteiger partial charge in [0.2, 0.25) is 0 Å². The van der Waals surface area contributed by atoms with Gasteiger partial charge in [-0.2, -0.15) is 0 Å². The zero-order chi connectivity index (χ0) is 14.4. The smallest absolute Gasteiger partial charge is 0.0725 e. The molecule has 0 saturated heterocycles. The molecule has 3 rings (SSSR count). The second kappa shape index (κ2) is 6.57. The van der Waals surface area contributed by atoms with Gasteiger partial charge in [-0.3, -0.25) is 4.98 Å². The standard InChI is InChI=1S/C11H12N2.C6H7N/c1-2-8-7-10(12)9-5-3-4-6-11(9)13-8;7-6-4-2-1-3-5-6/h3-7H,2H2,1H3,(H2,12,13);1-5H,7H2. The number of hydrogen-bond acceptors (Lipinski definition) is 3. The quantitative estimate of drug-likeness (QED) is 0.660. The molecule has 0 atom stereocenters. The first-order chi connectivity index (χ1) is 9.70. The molecule has 0 unspecified atom stereocenters. The molecule has 2 aromatic carbocycles. The van der Waals surface area contributed by atoms with Crippen LogP contribution in [0.2, 0.25) is 0 Å². The van der Waals surface area contributed by atoms with E-state index >= 15 is 0 Å². The lowest BCUT2D eigenvalue weighted by Crippen LogP contribution is -1.93. The van der Waals surface area contributed by atoms with Crippen molar-refractivity contribution in [2.24, 2.45) is 0 Å². The van der Waals surface area contributed by atoms with E-state index < -0.39 is 0 Å². The molecule has 0 fully saturated rings. The van der Waals surface area contributed by atoms with Crippen LogP contribution in [-0.4, -0.2) is 4.98 Å². The third-order valence-corrected chi connectivity index (χ3v) is 2.96. The Hall–Kier alpha value is -2.55. The van der Waals surface area contributed by atoms with Crippen molar-refractivity contribution in [2.75, 3.05) is 11.5 Å². The fourth-order valence-corrected chi connectivity index (χ4v) is 1.89. The van der Waals surface area contributed by atoms with E-state index in [0.29, 0.717) is 0 Å². The Balaban J connectivity index is 0.000000178. The Morgan fingerprint density at radius 1 is 0.900 bits per heavy atom. The van der Waals surface area contributed by atoms with Crippen molar-refractivity contribution in [1.82, 2.24) is 4.98 Å². The largest absolute Gasteiger partial charge is 0.399 e. The van der Waals surface area contributed by atoms with Crippen LogP contribution < -0.4 is 11.5 Å². The number of nitrogens with zero attached hydrogens (tertiary/aromatic N) is 1. The predicted molar refractivity (Wildman–Crippen MR) is 86.4 cm³/mol. The number of anilines is 2. The van der Waals surface area contributed by atoms with Gasteiger partial charge in [-0.15, -0.1) is 0 Å². The van der Waals surface area contributed by atoms with Crippen molar-refractivity contribution >= 4 is 22.3 Å². The van der Waals surface area contributed by atoms with Crippen LogP contribution in [0.25, 0.3) is 10.9 Å². The van der Waals surface area contributed by atoms with Crippen molar-refractivity contribution < 1.29 is 0 Å². The molecule has 102 valence electrons. The minimum Gasteiger partial charge on any atom is -0.399 e. The molecule has 0 aliphatic carbocycles. The molecule has 0 saturated carbocycles. The van der Waals surface area contributed by atoms with E-state index in [-0.39, 0.29) is 0 Å². The van der Waals surface area contributed by atoms with E-state index in [9.17, 15) is 0 Å². The molecule has 0 aliphatic rings. The second-order valence-electron chi connectivity index (χ2n) is 4.48. The summed E-state index contributed by atoms with van der Waals surface area (Å²) in [4.78, 5) is 4.47. The number of rotatable bonds is 1. The molecule has 0 radical (unpaired) electrons. The topological polar surface area (TPSA) is 64.9 Å². The SMILES string of the molecule is CCc1cc(N)c2ccccc2n1.Nc1ccccc1. The summed E-state index contributed by atoms with van der Waals surface area (Å²) in [5.41, 5.74) is 14.9. The van der Waals surface area contributed by atoms with E-state index in [1.165, 1.54) is 0 Å². The third kappa shape index (κ3) is 3.48. The van der Waals surface area contributed by atoms with Crippen LogP contribution in [0.5, 0.6) is 0 Å². The highest BCUT2D eigenvalue weighted by molar-refractivity contribution is 5.90. The number of aromatic nitrogens is 1. The summed E-state index contributed by atoms with van der Waals surface area (Å²) < 4.78 is 0. The van der Waals surface area contributed by atoms with Gasteiger partial charge in [0, 0.05) is 22.5 Å². The lowest BCUT2D eigenvalue weighted by Gasteiger charge is -2.03. The zero-order valence-electron chi connectivity index (χ0n) is 11.6. The van der Waals surface area contributed by atoms with Crippen LogP contribution in [-0.2, 0) is 6.42 Å². The molecule has 0 spiro atoms. The minimum absolute atomic E-state index is 0.822. The van der Waals surface area contributed by atoms with Gasteiger partial charge >= 0.3 is 0 Å². The molecular weight excluding hydrogens is 246 g/mol. The maximum Gasteiger partial charge on any atom is 0.0725 e. The molecular formula is C17H19N3. The number of nitrogen functional groups attached to an aromatic ring is 2. The average Bonchev–Trinajstić information content (AvgIpc) is 2.48. The molecule has 4 N–H and O–H groups in total. The second-order valence-corrected chi connectivity index (χ2v) is 4.48. The van der Waals surface area contributed by atoms with Crippen molar-refractivity contribution in [3.05, 3.63) is 66.4 Å². The van der Waals surface area contributed by atoms with Gasteiger partial charge in [0.05, 0.1) is 5.52 Å². The van der Waals surface area contributed by atoms with Gasteiger partial charge in [0.15, 0.2) is 0 Å². The molecule has 0 aliphatic heterocycles. The van der Waals surface area contributed by atoms with Crippen LogP contribution in [0.4, 0.5) is 11.4 Å². The highest BCUT2D eigenvalue weighted by Gasteiger charge is 2.00. The summed E-state index contributed by atoms with van der Waals surface area (Å²) >= 11 is 0.